The van der Waals surface area contributed by atoms with Crippen molar-refractivity contribution >= 4 is 34.6 Å². The third kappa shape index (κ3) is 5.16. The van der Waals surface area contributed by atoms with Crippen molar-refractivity contribution < 1.29 is 24.0 Å². The lowest BCUT2D eigenvalue weighted by Crippen LogP contribution is -2.49. The molecule has 2 aliphatic rings. The number of non-ortho nitro benzene ring substituents is 1. The molecule has 1 aromatic heterocycles. The topological polar surface area (TPSA) is 128 Å². The van der Waals surface area contributed by atoms with E-state index in [1.807, 2.05) is 10.7 Å². The van der Waals surface area contributed by atoms with Gasteiger partial charge in [-0.3, -0.25) is 29.3 Å². The Morgan fingerprint density at radius 2 is 1.97 bits per heavy atom. The normalized spacial score (nSPS) is 19.8. The second-order valence-corrected chi connectivity index (χ2v) is 9.40. The number of benzene rings is 1. The molecular formula is C21H23N5O6S. The van der Waals surface area contributed by atoms with E-state index in [9.17, 15) is 24.5 Å². The first-order valence-corrected chi connectivity index (χ1v) is 11.3. The highest BCUT2D eigenvalue weighted by Crippen LogP contribution is 2.30. The largest absolute Gasteiger partial charge is 0.445 e. The van der Waals surface area contributed by atoms with Crippen molar-refractivity contribution in [2.24, 2.45) is 0 Å². The van der Waals surface area contributed by atoms with Gasteiger partial charge in [-0.25, -0.2) is 4.79 Å². The molecule has 1 fully saturated rings. The van der Waals surface area contributed by atoms with E-state index in [4.69, 9.17) is 4.74 Å². The Morgan fingerprint density at radius 1 is 1.21 bits per heavy atom. The van der Waals surface area contributed by atoms with Crippen LogP contribution in [-0.4, -0.2) is 66.0 Å². The molecule has 33 heavy (non-hydrogen) atoms. The maximum absolute atomic E-state index is 13.3. The predicted octanol–water partition coefficient (Wildman–Crippen LogP) is 2.19. The number of amides is 2. The lowest BCUT2D eigenvalue weighted by Gasteiger charge is -2.32. The van der Waals surface area contributed by atoms with Gasteiger partial charge in [0.1, 0.15) is 12.6 Å². The predicted molar refractivity (Wildman–Crippen MR) is 118 cm³/mol. The molecule has 1 aromatic carbocycles. The van der Waals surface area contributed by atoms with Crippen LogP contribution >= 0.6 is 11.8 Å². The van der Waals surface area contributed by atoms with Crippen LogP contribution in [0.1, 0.15) is 24.6 Å². The van der Waals surface area contributed by atoms with Crippen molar-refractivity contribution in [1.29, 1.82) is 0 Å². The van der Waals surface area contributed by atoms with Crippen molar-refractivity contribution in [3.63, 3.8) is 0 Å². The Morgan fingerprint density at radius 3 is 2.67 bits per heavy atom. The van der Waals surface area contributed by atoms with Crippen LogP contribution in [0.3, 0.4) is 0 Å². The molecule has 174 valence electrons. The Bertz CT molecular complexity index is 1070. The van der Waals surface area contributed by atoms with Crippen molar-refractivity contribution in [2.45, 2.75) is 44.3 Å². The number of thioether (sulfide) groups is 1. The maximum Gasteiger partial charge on any atom is 0.410 e. The SMILES string of the molecule is CC(=O)S[C@H]1C[C@@H](C(=O)N2CCn3nccc3C2)N(C(=O)OCc2ccc([N+](=O)[O-])cc2)C1. The minimum atomic E-state index is -0.722. The number of likely N-dealkylation sites (tertiary alicyclic amines) is 1. The van der Waals surface area contributed by atoms with Gasteiger partial charge in [0.2, 0.25) is 5.91 Å². The quantitative estimate of drug-likeness (QED) is 0.478. The van der Waals surface area contributed by atoms with Crippen LogP contribution in [0, 0.1) is 10.1 Å². The van der Waals surface area contributed by atoms with Gasteiger partial charge in [0.25, 0.3) is 5.69 Å². The second-order valence-electron chi connectivity index (χ2n) is 7.92. The number of nitro benzene ring substituents is 1. The first kappa shape index (κ1) is 22.8. The Kier molecular flexibility index (Phi) is 6.63. The van der Waals surface area contributed by atoms with Crippen LogP contribution in [0.4, 0.5) is 10.5 Å². The van der Waals surface area contributed by atoms with Gasteiger partial charge >= 0.3 is 6.09 Å². The van der Waals surface area contributed by atoms with E-state index in [1.54, 1.807) is 11.1 Å². The van der Waals surface area contributed by atoms with Crippen LogP contribution in [0.15, 0.2) is 36.5 Å². The average molecular weight is 474 g/mol. The van der Waals surface area contributed by atoms with Gasteiger partial charge in [0.15, 0.2) is 5.12 Å². The van der Waals surface area contributed by atoms with Gasteiger partial charge in [-0.05, 0) is 30.2 Å². The number of hydrogen-bond donors (Lipinski definition) is 0. The summed E-state index contributed by atoms with van der Waals surface area (Å²) in [5, 5.41) is 14.7. The van der Waals surface area contributed by atoms with Crippen LogP contribution in [0.2, 0.25) is 0 Å². The van der Waals surface area contributed by atoms with E-state index < -0.39 is 17.1 Å². The summed E-state index contributed by atoms with van der Waals surface area (Å²) in [6.07, 6.45) is 1.41. The van der Waals surface area contributed by atoms with E-state index in [0.29, 0.717) is 31.6 Å². The summed E-state index contributed by atoms with van der Waals surface area (Å²) < 4.78 is 7.27. The van der Waals surface area contributed by atoms with Crippen LogP contribution < -0.4 is 0 Å². The molecule has 0 bridgehead atoms. The van der Waals surface area contributed by atoms with Gasteiger partial charge < -0.3 is 9.64 Å². The lowest BCUT2D eigenvalue weighted by atomic mass is 10.1. The lowest BCUT2D eigenvalue weighted by molar-refractivity contribution is -0.384. The maximum atomic E-state index is 13.3. The van der Waals surface area contributed by atoms with Gasteiger partial charge in [-0.1, -0.05) is 11.8 Å². The molecule has 2 amide bonds. The zero-order chi connectivity index (χ0) is 23.5. The van der Waals surface area contributed by atoms with E-state index in [-0.39, 0.29) is 35.1 Å². The van der Waals surface area contributed by atoms with E-state index in [1.165, 1.54) is 36.1 Å². The molecule has 4 rings (SSSR count). The molecule has 1 saturated heterocycles. The zero-order valence-corrected chi connectivity index (χ0v) is 18.8. The molecule has 12 heteroatoms. The molecule has 3 heterocycles. The summed E-state index contributed by atoms with van der Waals surface area (Å²) in [6, 6.07) is 6.85. The standard InChI is InChI=1S/C21H23N5O6S/c1-14(27)33-18-10-19(20(28)23-8-9-25-17(11-23)6-7-22-25)24(12-18)21(29)32-13-15-2-4-16(5-3-15)26(30)31/h2-7,18-19H,8-13H2,1H3/t18-,19-/m0/s1. The van der Waals surface area contributed by atoms with Gasteiger partial charge in [0.05, 0.1) is 23.7 Å². The Balaban J connectivity index is 1.44. The molecule has 2 aromatic rings. The molecule has 0 N–H and O–H groups in total. The Labute approximate surface area is 193 Å². The van der Waals surface area contributed by atoms with E-state index in [0.717, 1.165) is 17.5 Å². The van der Waals surface area contributed by atoms with E-state index >= 15 is 0 Å². The number of rotatable bonds is 5. The van der Waals surface area contributed by atoms with Crippen molar-refractivity contribution in [3.05, 3.63) is 57.9 Å². The molecule has 0 saturated carbocycles. The van der Waals surface area contributed by atoms with Crippen molar-refractivity contribution in [1.82, 2.24) is 19.6 Å². The highest BCUT2D eigenvalue weighted by atomic mass is 32.2. The molecule has 2 aliphatic heterocycles. The van der Waals surface area contributed by atoms with Crippen LogP contribution in [0.25, 0.3) is 0 Å². The fourth-order valence-electron chi connectivity index (χ4n) is 4.08. The minimum absolute atomic E-state index is 0.0535. The zero-order valence-electron chi connectivity index (χ0n) is 18.0. The summed E-state index contributed by atoms with van der Waals surface area (Å²) in [6.45, 7) is 3.08. The number of hydrogen-bond acceptors (Lipinski definition) is 8. The van der Waals surface area contributed by atoms with Gasteiger partial charge in [-0.15, -0.1) is 0 Å². The number of nitro groups is 1. The molecule has 2 atom stereocenters. The summed E-state index contributed by atoms with van der Waals surface area (Å²) in [5.41, 5.74) is 1.46. The van der Waals surface area contributed by atoms with E-state index in [2.05, 4.69) is 5.10 Å². The number of carbonyl (C=O) groups is 3. The summed E-state index contributed by atoms with van der Waals surface area (Å²) in [5.74, 6) is -0.179. The minimum Gasteiger partial charge on any atom is -0.445 e. The third-order valence-electron chi connectivity index (χ3n) is 5.68. The molecule has 0 aliphatic carbocycles. The van der Waals surface area contributed by atoms with Crippen LogP contribution in [-0.2, 0) is 34.0 Å². The first-order chi connectivity index (χ1) is 15.8. The average Bonchev–Trinajstić information content (AvgIpc) is 3.43. The molecule has 0 spiro atoms. The van der Waals surface area contributed by atoms with Gasteiger partial charge in [-0.2, -0.15) is 5.10 Å². The molecular weight excluding hydrogens is 450 g/mol. The summed E-state index contributed by atoms with van der Waals surface area (Å²) in [7, 11) is 0. The summed E-state index contributed by atoms with van der Waals surface area (Å²) in [4.78, 5) is 51.2. The molecule has 11 nitrogen and oxygen atoms in total. The fourth-order valence-corrected chi connectivity index (χ4v) is 5.06. The highest BCUT2D eigenvalue weighted by Gasteiger charge is 2.43. The first-order valence-electron chi connectivity index (χ1n) is 10.4. The highest BCUT2D eigenvalue weighted by molar-refractivity contribution is 8.14. The number of ether oxygens (including phenoxy) is 1. The number of nitrogens with zero attached hydrogens (tertiary/aromatic N) is 5. The van der Waals surface area contributed by atoms with Gasteiger partial charge in [0, 0.05) is 43.6 Å². The van der Waals surface area contributed by atoms with Crippen molar-refractivity contribution in [3.8, 4) is 0 Å². The fraction of sp³-hybridized carbons (Fsp3) is 0.429. The number of carbonyl (C=O) groups excluding carboxylic acids is 3. The second kappa shape index (κ2) is 9.61. The molecule has 0 unspecified atom stereocenters. The Hall–Kier alpha value is -3.41. The van der Waals surface area contributed by atoms with Crippen LogP contribution in [0.5, 0.6) is 0 Å². The van der Waals surface area contributed by atoms with Crippen molar-refractivity contribution in [2.75, 3.05) is 13.1 Å². The molecule has 0 radical (unpaired) electrons. The number of aromatic nitrogens is 2. The monoisotopic (exact) mass is 473 g/mol. The smallest absolute Gasteiger partial charge is 0.410 e. The number of fused-ring (bicyclic) bond motifs is 1. The third-order valence-corrected chi connectivity index (χ3v) is 6.68. The summed E-state index contributed by atoms with van der Waals surface area (Å²) >= 11 is 1.12.